The SMILES string of the molecule is COc1ccccc1CC(=O)NCc1nc(N(C)C)nc(N2CCOCC2)n1. The van der Waals surface area contributed by atoms with Crippen molar-refractivity contribution in [3.05, 3.63) is 35.7 Å². The summed E-state index contributed by atoms with van der Waals surface area (Å²) in [5, 5.41) is 2.89. The minimum atomic E-state index is -0.121. The van der Waals surface area contributed by atoms with Gasteiger partial charge in [0.1, 0.15) is 5.75 Å². The summed E-state index contributed by atoms with van der Waals surface area (Å²) >= 11 is 0. The van der Waals surface area contributed by atoms with Gasteiger partial charge in [-0.25, -0.2) is 0 Å². The molecule has 1 aliphatic heterocycles. The maximum atomic E-state index is 12.4. The van der Waals surface area contributed by atoms with Gasteiger partial charge in [-0.2, -0.15) is 15.0 Å². The van der Waals surface area contributed by atoms with Crippen molar-refractivity contribution in [1.82, 2.24) is 20.3 Å². The minimum absolute atomic E-state index is 0.121. The molecule has 0 aliphatic carbocycles. The molecule has 0 atom stereocenters. The molecule has 1 fully saturated rings. The molecule has 0 bridgehead atoms. The van der Waals surface area contributed by atoms with Gasteiger partial charge in [-0.05, 0) is 6.07 Å². The fourth-order valence-electron chi connectivity index (χ4n) is 2.84. The van der Waals surface area contributed by atoms with Crippen LogP contribution in [0.15, 0.2) is 24.3 Å². The molecule has 2 aromatic rings. The molecule has 2 heterocycles. The molecule has 1 aromatic heterocycles. The van der Waals surface area contributed by atoms with E-state index < -0.39 is 0 Å². The Hall–Kier alpha value is -2.94. The van der Waals surface area contributed by atoms with E-state index in [1.807, 2.05) is 43.3 Å². The van der Waals surface area contributed by atoms with E-state index in [4.69, 9.17) is 9.47 Å². The molecular formula is C19H26N6O3. The van der Waals surface area contributed by atoms with Crippen molar-refractivity contribution in [3.63, 3.8) is 0 Å². The number of hydrogen-bond donors (Lipinski definition) is 1. The van der Waals surface area contributed by atoms with Crippen LogP contribution in [0.4, 0.5) is 11.9 Å². The number of ether oxygens (including phenoxy) is 2. The summed E-state index contributed by atoms with van der Waals surface area (Å²) in [5.41, 5.74) is 0.834. The van der Waals surface area contributed by atoms with Gasteiger partial charge in [0.25, 0.3) is 0 Å². The number of amides is 1. The van der Waals surface area contributed by atoms with E-state index in [0.29, 0.717) is 36.7 Å². The summed E-state index contributed by atoms with van der Waals surface area (Å²) in [7, 11) is 5.35. The molecule has 9 nitrogen and oxygen atoms in total. The molecule has 28 heavy (non-hydrogen) atoms. The molecule has 1 saturated heterocycles. The lowest BCUT2D eigenvalue weighted by atomic mass is 10.1. The molecule has 0 saturated carbocycles. The van der Waals surface area contributed by atoms with Crippen molar-refractivity contribution in [2.75, 3.05) is 57.3 Å². The van der Waals surface area contributed by atoms with Crippen molar-refractivity contribution in [2.24, 2.45) is 0 Å². The van der Waals surface area contributed by atoms with Gasteiger partial charge in [0, 0.05) is 32.7 Å². The van der Waals surface area contributed by atoms with Crippen molar-refractivity contribution in [3.8, 4) is 5.75 Å². The van der Waals surface area contributed by atoms with Gasteiger partial charge in [-0.3, -0.25) is 4.79 Å². The first-order chi connectivity index (χ1) is 13.6. The predicted molar refractivity (Wildman–Crippen MR) is 106 cm³/mol. The van der Waals surface area contributed by atoms with Crippen LogP contribution in [0.3, 0.4) is 0 Å². The molecule has 1 aromatic carbocycles. The van der Waals surface area contributed by atoms with Gasteiger partial charge >= 0.3 is 0 Å². The smallest absolute Gasteiger partial charge is 0.230 e. The molecule has 1 aliphatic rings. The monoisotopic (exact) mass is 386 g/mol. The number of benzene rings is 1. The van der Waals surface area contributed by atoms with Crippen LogP contribution in [0, 0.1) is 0 Å². The lowest BCUT2D eigenvalue weighted by Gasteiger charge is -2.27. The van der Waals surface area contributed by atoms with Crippen LogP contribution in [0.1, 0.15) is 11.4 Å². The Labute approximate surface area is 164 Å². The highest BCUT2D eigenvalue weighted by Crippen LogP contribution is 2.18. The number of nitrogens with one attached hydrogen (secondary N) is 1. The van der Waals surface area contributed by atoms with Crippen LogP contribution in [0.25, 0.3) is 0 Å². The molecule has 9 heteroatoms. The highest BCUT2D eigenvalue weighted by atomic mass is 16.5. The van der Waals surface area contributed by atoms with Crippen molar-refractivity contribution < 1.29 is 14.3 Å². The van der Waals surface area contributed by atoms with E-state index in [-0.39, 0.29) is 18.9 Å². The standard InChI is InChI=1S/C19H26N6O3/c1-24(2)18-21-16(22-19(23-18)25-8-10-28-11-9-25)13-20-17(26)12-14-6-4-5-7-15(14)27-3/h4-7H,8-13H2,1-3H3,(H,20,26). The highest BCUT2D eigenvalue weighted by Gasteiger charge is 2.17. The second-order valence-corrected chi connectivity index (χ2v) is 6.61. The van der Waals surface area contributed by atoms with Gasteiger partial charge in [0.15, 0.2) is 5.82 Å². The van der Waals surface area contributed by atoms with E-state index in [2.05, 4.69) is 25.2 Å². The summed E-state index contributed by atoms with van der Waals surface area (Å²) in [5.74, 6) is 2.27. The lowest BCUT2D eigenvalue weighted by Crippen LogP contribution is -2.38. The summed E-state index contributed by atoms with van der Waals surface area (Å²) in [6, 6.07) is 7.48. The Morgan fingerprint density at radius 2 is 1.96 bits per heavy atom. The lowest BCUT2D eigenvalue weighted by molar-refractivity contribution is -0.120. The van der Waals surface area contributed by atoms with E-state index in [1.165, 1.54) is 0 Å². The average molecular weight is 386 g/mol. The first-order valence-electron chi connectivity index (χ1n) is 9.20. The predicted octanol–water partition coefficient (Wildman–Crippen LogP) is 0.642. The number of methoxy groups -OCH3 is 1. The maximum Gasteiger partial charge on any atom is 0.230 e. The normalized spacial score (nSPS) is 13.9. The Morgan fingerprint density at radius 1 is 1.21 bits per heavy atom. The Balaban J connectivity index is 1.68. The van der Waals surface area contributed by atoms with Gasteiger partial charge in [-0.1, -0.05) is 18.2 Å². The summed E-state index contributed by atoms with van der Waals surface area (Å²) in [6.07, 6.45) is 0.228. The minimum Gasteiger partial charge on any atom is -0.496 e. The fourth-order valence-corrected chi connectivity index (χ4v) is 2.84. The molecule has 1 amide bonds. The third kappa shape index (κ3) is 5.07. The number of para-hydroxylation sites is 1. The zero-order valence-corrected chi connectivity index (χ0v) is 16.5. The molecule has 0 spiro atoms. The van der Waals surface area contributed by atoms with Crippen LogP contribution < -0.4 is 19.9 Å². The molecule has 0 unspecified atom stereocenters. The van der Waals surface area contributed by atoms with Crippen molar-refractivity contribution >= 4 is 17.8 Å². The van der Waals surface area contributed by atoms with Gasteiger partial charge < -0.3 is 24.6 Å². The first kappa shape index (κ1) is 19.8. The van der Waals surface area contributed by atoms with Crippen molar-refractivity contribution in [1.29, 1.82) is 0 Å². The van der Waals surface area contributed by atoms with E-state index in [1.54, 1.807) is 7.11 Å². The summed E-state index contributed by atoms with van der Waals surface area (Å²) < 4.78 is 10.7. The number of rotatable bonds is 7. The maximum absolute atomic E-state index is 12.4. The van der Waals surface area contributed by atoms with Gasteiger partial charge in [0.05, 0.1) is 33.3 Å². The number of aromatic nitrogens is 3. The van der Waals surface area contributed by atoms with Crippen LogP contribution in [0.2, 0.25) is 0 Å². The number of anilines is 2. The number of hydrogen-bond acceptors (Lipinski definition) is 8. The Bertz CT molecular complexity index is 808. The number of carbonyl (C=O) groups excluding carboxylic acids is 1. The quantitative estimate of drug-likeness (QED) is 0.741. The summed E-state index contributed by atoms with van der Waals surface area (Å²) in [4.78, 5) is 29.8. The van der Waals surface area contributed by atoms with E-state index in [9.17, 15) is 4.79 Å². The largest absolute Gasteiger partial charge is 0.496 e. The average Bonchev–Trinajstić information content (AvgIpc) is 2.73. The third-order valence-electron chi connectivity index (χ3n) is 4.34. The van der Waals surface area contributed by atoms with Gasteiger partial charge in [0.2, 0.25) is 17.8 Å². The molecule has 3 rings (SSSR count). The fraction of sp³-hybridized carbons (Fsp3) is 0.474. The number of nitrogens with zero attached hydrogens (tertiary/aromatic N) is 5. The summed E-state index contributed by atoms with van der Waals surface area (Å²) in [6.45, 7) is 2.99. The first-order valence-corrected chi connectivity index (χ1v) is 9.20. The Kier molecular flexibility index (Phi) is 6.59. The molecule has 150 valence electrons. The van der Waals surface area contributed by atoms with Crippen LogP contribution in [-0.2, 0) is 22.5 Å². The molecule has 1 N–H and O–H groups in total. The topological polar surface area (TPSA) is 92.7 Å². The second-order valence-electron chi connectivity index (χ2n) is 6.61. The van der Waals surface area contributed by atoms with E-state index >= 15 is 0 Å². The third-order valence-corrected chi connectivity index (χ3v) is 4.34. The van der Waals surface area contributed by atoms with Crippen LogP contribution in [-0.4, -0.2) is 68.4 Å². The van der Waals surface area contributed by atoms with E-state index in [0.717, 1.165) is 18.7 Å². The highest BCUT2D eigenvalue weighted by molar-refractivity contribution is 5.79. The zero-order valence-electron chi connectivity index (χ0n) is 16.5. The van der Waals surface area contributed by atoms with Gasteiger partial charge in [-0.15, -0.1) is 0 Å². The van der Waals surface area contributed by atoms with Crippen LogP contribution >= 0.6 is 0 Å². The molecular weight excluding hydrogens is 360 g/mol. The second kappa shape index (κ2) is 9.32. The van der Waals surface area contributed by atoms with Crippen molar-refractivity contribution in [2.45, 2.75) is 13.0 Å². The molecule has 0 radical (unpaired) electrons. The Morgan fingerprint density at radius 3 is 2.68 bits per heavy atom. The number of carbonyl (C=O) groups is 1. The number of morpholine rings is 1. The van der Waals surface area contributed by atoms with Crippen LogP contribution in [0.5, 0.6) is 5.75 Å². The zero-order chi connectivity index (χ0) is 19.9.